The van der Waals surface area contributed by atoms with Crippen molar-refractivity contribution in [3.05, 3.63) is 23.2 Å². The average Bonchev–Trinajstić information content (AvgIpc) is 2.21. The fraction of sp³-hybridized carbons (Fsp3) is 0.444. The SMILES string of the molecule is CCC(SCc1cnc(Cl)cn1)C(=O)O. The lowest BCUT2D eigenvalue weighted by Crippen LogP contribution is -2.15. The third-order valence-corrected chi connectivity index (χ3v) is 3.35. The highest BCUT2D eigenvalue weighted by Crippen LogP contribution is 2.19. The predicted molar refractivity (Wildman–Crippen MR) is 60.1 cm³/mol. The molecule has 1 heterocycles. The van der Waals surface area contributed by atoms with Crippen LogP contribution in [0.25, 0.3) is 0 Å². The molecule has 0 radical (unpaired) electrons. The molecule has 0 saturated heterocycles. The van der Waals surface area contributed by atoms with E-state index in [1.165, 1.54) is 18.0 Å². The average molecular weight is 247 g/mol. The lowest BCUT2D eigenvalue weighted by Gasteiger charge is -2.08. The second kappa shape index (κ2) is 5.92. The molecule has 1 unspecified atom stereocenters. The van der Waals surface area contributed by atoms with Crippen LogP contribution in [0.4, 0.5) is 0 Å². The molecule has 15 heavy (non-hydrogen) atoms. The summed E-state index contributed by atoms with van der Waals surface area (Å²) in [6, 6.07) is 0. The van der Waals surface area contributed by atoms with Gasteiger partial charge in [-0.3, -0.25) is 9.78 Å². The van der Waals surface area contributed by atoms with E-state index in [-0.39, 0.29) is 5.25 Å². The molecule has 6 heteroatoms. The largest absolute Gasteiger partial charge is 0.480 e. The molecule has 0 aliphatic rings. The number of halogens is 1. The van der Waals surface area contributed by atoms with Gasteiger partial charge in [0.25, 0.3) is 0 Å². The summed E-state index contributed by atoms with van der Waals surface area (Å²) in [4.78, 5) is 18.6. The van der Waals surface area contributed by atoms with Crippen molar-refractivity contribution < 1.29 is 9.90 Å². The topological polar surface area (TPSA) is 63.1 Å². The van der Waals surface area contributed by atoms with Gasteiger partial charge in [0, 0.05) is 5.75 Å². The summed E-state index contributed by atoms with van der Waals surface area (Å²) >= 11 is 6.92. The molecule has 1 aromatic heterocycles. The van der Waals surface area contributed by atoms with E-state index in [0.29, 0.717) is 17.3 Å². The highest BCUT2D eigenvalue weighted by Gasteiger charge is 2.15. The zero-order valence-electron chi connectivity index (χ0n) is 8.18. The van der Waals surface area contributed by atoms with Gasteiger partial charge in [-0.05, 0) is 6.42 Å². The summed E-state index contributed by atoms with van der Waals surface area (Å²) in [5.74, 6) is -0.251. The molecule has 0 saturated carbocycles. The number of nitrogens with zero attached hydrogens (tertiary/aromatic N) is 2. The van der Waals surface area contributed by atoms with Crippen LogP contribution >= 0.6 is 23.4 Å². The van der Waals surface area contributed by atoms with E-state index in [2.05, 4.69) is 9.97 Å². The van der Waals surface area contributed by atoms with Crippen LogP contribution in [0.5, 0.6) is 0 Å². The summed E-state index contributed by atoms with van der Waals surface area (Å²) < 4.78 is 0. The number of aromatic nitrogens is 2. The summed E-state index contributed by atoms with van der Waals surface area (Å²) in [6.07, 6.45) is 3.62. The Labute approximate surface area is 97.1 Å². The predicted octanol–water partition coefficient (Wildman–Crippen LogP) is 2.23. The zero-order valence-corrected chi connectivity index (χ0v) is 9.75. The first kappa shape index (κ1) is 12.3. The Kier molecular flexibility index (Phi) is 4.84. The van der Waals surface area contributed by atoms with Crippen LogP contribution in [0, 0.1) is 0 Å². The van der Waals surface area contributed by atoms with Gasteiger partial charge in [-0.15, -0.1) is 11.8 Å². The minimum absolute atomic E-state index is 0.342. The van der Waals surface area contributed by atoms with E-state index in [1.54, 1.807) is 6.20 Å². The molecule has 1 rings (SSSR count). The van der Waals surface area contributed by atoms with Gasteiger partial charge in [0.05, 0.1) is 18.1 Å². The van der Waals surface area contributed by atoms with Crippen LogP contribution in [0.3, 0.4) is 0 Å². The standard InChI is InChI=1S/C9H11ClN2O2S/c1-2-7(9(13)14)15-5-6-3-12-8(10)4-11-6/h3-4,7H,2,5H2,1H3,(H,13,14). The molecule has 0 bridgehead atoms. The quantitative estimate of drug-likeness (QED) is 0.863. The molecule has 1 N–H and O–H groups in total. The minimum atomic E-state index is -0.788. The number of carboxylic acids is 1. The Balaban J connectivity index is 2.49. The molecule has 4 nitrogen and oxygen atoms in total. The number of rotatable bonds is 5. The van der Waals surface area contributed by atoms with E-state index >= 15 is 0 Å². The minimum Gasteiger partial charge on any atom is -0.480 e. The molecule has 0 amide bonds. The maximum absolute atomic E-state index is 10.7. The number of carboxylic acid groups (broad SMARTS) is 1. The number of thioether (sulfide) groups is 1. The first-order valence-electron chi connectivity index (χ1n) is 4.44. The maximum Gasteiger partial charge on any atom is 0.316 e. The van der Waals surface area contributed by atoms with Crippen molar-refractivity contribution in [1.29, 1.82) is 0 Å². The van der Waals surface area contributed by atoms with Crippen molar-refractivity contribution in [2.24, 2.45) is 0 Å². The van der Waals surface area contributed by atoms with Gasteiger partial charge in [-0.25, -0.2) is 4.98 Å². The molecule has 0 spiro atoms. The highest BCUT2D eigenvalue weighted by molar-refractivity contribution is 7.99. The number of carbonyl (C=O) groups is 1. The van der Waals surface area contributed by atoms with Gasteiger partial charge in [0.15, 0.2) is 0 Å². The highest BCUT2D eigenvalue weighted by atomic mass is 35.5. The van der Waals surface area contributed by atoms with Gasteiger partial charge in [-0.2, -0.15) is 0 Å². The van der Waals surface area contributed by atoms with Gasteiger partial charge >= 0.3 is 5.97 Å². The molecule has 1 aromatic rings. The van der Waals surface area contributed by atoms with Crippen LogP contribution in [0.2, 0.25) is 5.15 Å². The van der Waals surface area contributed by atoms with Crippen LogP contribution < -0.4 is 0 Å². The van der Waals surface area contributed by atoms with Gasteiger partial charge in [0.2, 0.25) is 0 Å². The van der Waals surface area contributed by atoms with Gasteiger partial charge in [-0.1, -0.05) is 18.5 Å². The second-order valence-corrected chi connectivity index (χ2v) is 4.45. The summed E-state index contributed by atoms with van der Waals surface area (Å²) in [7, 11) is 0. The molecule has 0 fully saturated rings. The second-order valence-electron chi connectivity index (χ2n) is 2.88. The molecular formula is C9H11ClN2O2S. The van der Waals surface area contributed by atoms with E-state index in [0.717, 1.165) is 5.69 Å². The van der Waals surface area contributed by atoms with Crippen molar-refractivity contribution in [3.8, 4) is 0 Å². The molecule has 0 aliphatic carbocycles. The number of hydrogen-bond donors (Lipinski definition) is 1. The lowest BCUT2D eigenvalue weighted by molar-refractivity contribution is -0.136. The molecular weight excluding hydrogens is 236 g/mol. The summed E-state index contributed by atoms with van der Waals surface area (Å²) in [5, 5.41) is 8.77. The Morgan fingerprint density at radius 1 is 1.60 bits per heavy atom. The summed E-state index contributed by atoms with van der Waals surface area (Å²) in [5.41, 5.74) is 0.740. The van der Waals surface area contributed by atoms with E-state index in [1.807, 2.05) is 6.92 Å². The van der Waals surface area contributed by atoms with Gasteiger partial charge in [0.1, 0.15) is 10.4 Å². The van der Waals surface area contributed by atoms with E-state index in [4.69, 9.17) is 16.7 Å². The van der Waals surface area contributed by atoms with E-state index in [9.17, 15) is 4.79 Å². The van der Waals surface area contributed by atoms with Crippen LogP contribution in [-0.4, -0.2) is 26.3 Å². The van der Waals surface area contributed by atoms with Crippen LogP contribution in [-0.2, 0) is 10.5 Å². The smallest absolute Gasteiger partial charge is 0.316 e. The zero-order chi connectivity index (χ0) is 11.3. The summed E-state index contributed by atoms with van der Waals surface area (Å²) in [6.45, 7) is 1.85. The normalized spacial score (nSPS) is 12.4. The Hall–Kier alpha value is -0.810. The van der Waals surface area contributed by atoms with Crippen molar-refractivity contribution >= 4 is 29.3 Å². The van der Waals surface area contributed by atoms with Crippen LogP contribution in [0.15, 0.2) is 12.4 Å². The molecule has 0 aromatic carbocycles. The Morgan fingerprint density at radius 2 is 2.33 bits per heavy atom. The lowest BCUT2D eigenvalue weighted by atomic mass is 10.3. The number of aliphatic carboxylic acids is 1. The van der Waals surface area contributed by atoms with Gasteiger partial charge < -0.3 is 5.11 Å². The van der Waals surface area contributed by atoms with Crippen molar-refractivity contribution in [2.45, 2.75) is 24.3 Å². The molecule has 0 aliphatic heterocycles. The maximum atomic E-state index is 10.7. The first-order chi connectivity index (χ1) is 7.13. The van der Waals surface area contributed by atoms with Crippen molar-refractivity contribution in [1.82, 2.24) is 9.97 Å². The first-order valence-corrected chi connectivity index (χ1v) is 5.87. The Morgan fingerprint density at radius 3 is 2.80 bits per heavy atom. The third-order valence-electron chi connectivity index (χ3n) is 1.75. The monoisotopic (exact) mass is 246 g/mol. The van der Waals surface area contributed by atoms with Crippen LogP contribution in [0.1, 0.15) is 19.0 Å². The van der Waals surface area contributed by atoms with E-state index < -0.39 is 5.97 Å². The number of hydrogen-bond acceptors (Lipinski definition) is 4. The fourth-order valence-corrected chi connectivity index (χ4v) is 1.96. The molecule has 1 atom stereocenters. The Bertz CT molecular complexity index is 331. The fourth-order valence-electron chi connectivity index (χ4n) is 0.963. The van der Waals surface area contributed by atoms with Crippen molar-refractivity contribution in [3.63, 3.8) is 0 Å². The third kappa shape index (κ3) is 4.05. The molecule has 82 valence electrons. The van der Waals surface area contributed by atoms with Crippen molar-refractivity contribution in [2.75, 3.05) is 0 Å².